The molecule has 0 bridgehead atoms. The monoisotopic (exact) mass is 447 g/mol. The molecule has 1 saturated carbocycles. The summed E-state index contributed by atoms with van der Waals surface area (Å²) in [6.45, 7) is 0.159. The Labute approximate surface area is 170 Å². The van der Waals surface area contributed by atoms with Crippen molar-refractivity contribution in [1.82, 2.24) is 5.32 Å². The first-order chi connectivity index (χ1) is 13.9. The van der Waals surface area contributed by atoms with E-state index in [1.54, 1.807) is 0 Å². The van der Waals surface area contributed by atoms with Gasteiger partial charge in [-0.05, 0) is 42.2 Å². The number of nitrogens with one attached hydrogen (secondary N) is 1. The van der Waals surface area contributed by atoms with E-state index in [4.69, 9.17) is 0 Å². The first kappa shape index (κ1) is 22.2. The molecule has 4 nitrogen and oxygen atoms in total. The molecule has 1 fully saturated rings. The molecule has 3 rings (SSSR count). The maximum atomic E-state index is 14.0. The van der Waals surface area contributed by atoms with Gasteiger partial charge in [-0.3, -0.25) is 4.79 Å². The normalized spacial score (nSPS) is 15.6. The molecule has 0 aliphatic heterocycles. The van der Waals surface area contributed by atoms with E-state index in [-0.39, 0.29) is 13.0 Å². The summed E-state index contributed by atoms with van der Waals surface area (Å²) < 4.78 is 87.7. The Hall–Kier alpha value is -2.49. The number of benzene rings is 2. The molecule has 10 heteroatoms. The van der Waals surface area contributed by atoms with Crippen molar-refractivity contribution in [3.63, 3.8) is 0 Å². The Balaban J connectivity index is 1.59. The van der Waals surface area contributed by atoms with Gasteiger partial charge < -0.3 is 5.32 Å². The van der Waals surface area contributed by atoms with Crippen molar-refractivity contribution in [1.29, 1.82) is 0 Å². The van der Waals surface area contributed by atoms with Gasteiger partial charge in [-0.1, -0.05) is 18.2 Å². The minimum Gasteiger partial charge on any atom is -0.355 e. The SMILES string of the molecule is O=C(Cc1ccc(S(=O)(=O)CC(F)(F)F)cc1)NCC1(c2ccc(F)cc2F)CC1. The first-order valence-corrected chi connectivity index (χ1v) is 10.7. The highest BCUT2D eigenvalue weighted by molar-refractivity contribution is 7.91. The zero-order valence-corrected chi connectivity index (χ0v) is 16.4. The summed E-state index contributed by atoms with van der Waals surface area (Å²) in [5.74, 6) is -3.72. The molecule has 1 amide bonds. The average molecular weight is 447 g/mol. The third kappa shape index (κ3) is 5.35. The smallest absolute Gasteiger partial charge is 0.355 e. The second kappa shape index (κ2) is 7.98. The molecule has 30 heavy (non-hydrogen) atoms. The highest BCUT2D eigenvalue weighted by Crippen LogP contribution is 2.48. The molecule has 2 aromatic carbocycles. The topological polar surface area (TPSA) is 63.2 Å². The largest absolute Gasteiger partial charge is 0.403 e. The van der Waals surface area contributed by atoms with Crippen LogP contribution in [0, 0.1) is 11.6 Å². The summed E-state index contributed by atoms with van der Waals surface area (Å²) in [5.41, 5.74) is 0.169. The molecule has 1 aliphatic rings. The van der Waals surface area contributed by atoms with Crippen molar-refractivity contribution in [3.05, 3.63) is 65.2 Å². The van der Waals surface area contributed by atoms with Crippen molar-refractivity contribution < 1.29 is 35.2 Å². The van der Waals surface area contributed by atoms with Crippen LogP contribution in [0.1, 0.15) is 24.0 Å². The van der Waals surface area contributed by atoms with Gasteiger partial charge in [-0.25, -0.2) is 17.2 Å². The molecule has 1 N–H and O–H groups in total. The molecular formula is C20H18F5NO3S. The van der Waals surface area contributed by atoms with E-state index >= 15 is 0 Å². The molecule has 0 atom stereocenters. The molecule has 0 unspecified atom stereocenters. The minimum absolute atomic E-state index is 0.123. The summed E-state index contributed by atoms with van der Waals surface area (Å²) in [6, 6.07) is 7.93. The summed E-state index contributed by atoms with van der Waals surface area (Å²) in [5, 5.41) is 2.68. The molecule has 162 valence electrons. The minimum atomic E-state index is -4.85. The van der Waals surface area contributed by atoms with Gasteiger partial charge in [-0.2, -0.15) is 13.2 Å². The lowest BCUT2D eigenvalue weighted by Gasteiger charge is -2.17. The van der Waals surface area contributed by atoms with E-state index in [9.17, 15) is 35.2 Å². The van der Waals surface area contributed by atoms with Gasteiger partial charge in [0.1, 0.15) is 11.6 Å². The van der Waals surface area contributed by atoms with Gasteiger partial charge in [0.05, 0.1) is 11.3 Å². The summed E-state index contributed by atoms with van der Waals surface area (Å²) in [6.07, 6.45) is -3.69. The van der Waals surface area contributed by atoms with Crippen LogP contribution in [0.3, 0.4) is 0 Å². The number of carbonyl (C=O) groups is 1. The standard InChI is InChI=1S/C20H18F5NO3S/c21-14-3-6-16(17(22)10-14)19(7-8-19)11-26-18(27)9-13-1-4-15(5-2-13)30(28,29)12-20(23,24)25/h1-6,10H,7-9,11-12H2,(H,26,27). The zero-order valence-electron chi connectivity index (χ0n) is 15.6. The van der Waals surface area contributed by atoms with Gasteiger partial charge in [0, 0.05) is 18.0 Å². The third-order valence-electron chi connectivity index (χ3n) is 4.98. The number of sulfone groups is 1. The number of rotatable bonds is 7. The molecule has 0 radical (unpaired) electrons. The van der Waals surface area contributed by atoms with Crippen molar-refractivity contribution >= 4 is 15.7 Å². The first-order valence-electron chi connectivity index (χ1n) is 9.01. The van der Waals surface area contributed by atoms with E-state index in [1.165, 1.54) is 18.2 Å². The fourth-order valence-corrected chi connectivity index (χ4v) is 4.39. The van der Waals surface area contributed by atoms with E-state index in [2.05, 4.69) is 5.32 Å². The summed E-state index contributed by atoms with van der Waals surface area (Å²) >= 11 is 0. The second-order valence-electron chi connectivity index (χ2n) is 7.38. The fourth-order valence-electron chi connectivity index (χ4n) is 3.24. The lowest BCUT2D eigenvalue weighted by Crippen LogP contribution is -2.33. The van der Waals surface area contributed by atoms with Crippen LogP contribution < -0.4 is 5.32 Å². The number of carbonyl (C=O) groups excluding carboxylic acids is 1. The van der Waals surface area contributed by atoms with Crippen LogP contribution in [0.2, 0.25) is 0 Å². The van der Waals surface area contributed by atoms with E-state index in [1.807, 2.05) is 0 Å². The van der Waals surface area contributed by atoms with Crippen LogP contribution in [0.4, 0.5) is 22.0 Å². The third-order valence-corrected chi connectivity index (χ3v) is 6.68. The van der Waals surface area contributed by atoms with Crippen LogP contribution >= 0.6 is 0 Å². The van der Waals surface area contributed by atoms with Gasteiger partial charge in [-0.15, -0.1) is 0 Å². The molecule has 0 saturated heterocycles. The number of hydrogen-bond donors (Lipinski definition) is 1. The van der Waals surface area contributed by atoms with Crippen LogP contribution in [0.5, 0.6) is 0 Å². The number of amides is 1. The highest BCUT2D eigenvalue weighted by atomic mass is 32.2. The maximum absolute atomic E-state index is 14.0. The van der Waals surface area contributed by atoms with Crippen molar-refractivity contribution in [2.45, 2.75) is 35.7 Å². The van der Waals surface area contributed by atoms with Gasteiger partial charge in [0.15, 0.2) is 15.6 Å². The molecule has 2 aromatic rings. The van der Waals surface area contributed by atoms with Crippen LogP contribution in [0.25, 0.3) is 0 Å². The Morgan fingerprint density at radius 3 is 2.20 bits per heavy atom. The summed E-state index contributed by atoms with van der Waals surface area (Å²) in [4.78, 5) is 11.7. The van der Waals surface area contributed by atoms with Crippen molar-refractivity contribution in [2.75, 3.05) is 12.3 Å². The Morgan fingerprint density at radius 2 is 1.67 bits per heavy atom. The molecule has 0 aromatic heterocycles. The zero-order chi connectivity index (χ0) is 22.2. The van der Waals surface area contributed by atoms with E-state index in [0.29, 0.717) is 24.0 Å². The van der Waals surface area contributed by atoms with Crippen LogP contribution in [-0.2, 0) is 26.5 Å². The molecule has 0 spiro atoms. The highest BCUT2D eigenvalue weighted by Gasteiger charge is 2.46. The average Bonchev–Trinajstić information content (AvgIpc) is 3.39. The Morgan fingerprint density at radius 1 is 1.03 bits per heavy atom. The Kier molecular flexibility index (Phi) is 5.90. The lowest BCUT2D eigenvalue weighted by molar-refractivity contribution is -0.120. The van der Waals surface area contributed by atoms with Crippen molar-refractivity contribution in [3.8, 4) is 0 Å². The lowest BCUT2D eigenvalue weighted by atomic mass is 9.95. The predicted molar refractivity (Wildman–Crippen MR) is 98.5 cm³/mol. The molecular weight excluding hydrogens is 429 g/mol. The number of hydrogen-bond acceptors (Lipinski definition) is 3. The molecule has 1 aliphatic carbocycles. The van der Waals surface area contributed by atoms with Gasteiger partial charge in [0.2, 0.25) is 5.91 Å². The van der Waals surface area contributed by atoms with Gasteiger partial charge in [0.25, 0.3) is 0 Å². The number of halogens is 5. The Bertz CT molecular complexity index is 1050. The van der Waals surface area contributed by atoms with Crippen LogP contribution in [-0.4, -0.2) is 32.8 Å². The summed E-state index contributed by atoms with van der Waals surface area (Å²) in [7, 11) is -4.51. The second-order valence-corrected chi connectivity index (χ2v) is 9.37. The van der Waals surface area contributed by atoms with Crippen molar-refractivity contribution in [2.24, 2.45) is 0 Å². The fraction of sp³-hybridized carbons (Fsp3) is 0.350. The van der Waals surface area contributed by atoms with Crippen LogP contribution in [0.15, 0.2) is 47.4 Å². The number of alkyl halides is 3. The molecule has 0 heterocycles. The van der Waals surface area contributed by atoms with Gasteiger partial charge >= 0.3 is 6.18 Å². The predicted octanol–water partition coefficient (Wildman–Crippen LogP) is 3.69. The van der Waals surface area contributed by atoms with E-state index in [0.717, 1.165) is 24.3 Å². The van der Waals surface area contributed by atoms with E-state index < -0.39 is 49.6 Å². The quantitative estimate of drug-likeness (QED) is 0.659. The maximum Gasteiger partial charge on any atom is 0.403 e.